The zero-order valence-corrected chi connectivity index (χ0v) is 4.94. The number of hydrogen-bond donors (Lipinski definition) is 0. The highest BCUT2D eigenvalue weighted by Gasteiger charge is 2.05. The molecule has 2 nitrogen and oxygen atoms in total. The second kappa shape index (κ2) is 3.38. The van der Waals surface area contributed by atoms with Crippen molar-refractivity contribution in [3.8, 4) is 0 Å². The predicted octanol–water partition coefficient (Wildman–Crippen LogP) is 0.897. The van der Waals surface area contributed by atoms with Crippen molar-refractivity contribution in [1.82, 2.24) is 0 Å². The van der Waals surface area contributed by atoms with Crippen molar-refractivity contribution in [2.24, 2.45) is 0 Å². The van der Waals surface area contributed by atoms with Crippen LogP contribution in [0.2, 0.25) is 0 Å². The molecule has 0 amide bonds. The van der Waals surface area contributed by atoms with Crippen molar-refractivity contribution < 1.29 is 9.59 Å². The SMILES string of the molecule is C=CCC(=O)C(=O)Cl. The Morgan fingerprint density at radius 1 is 1.62 bits per heavy atom. The first-order chi connectivity index (χ1) is 3.68. The summed E-state index contributed by atoms with van der Waals surface area (Å²) >= 11 is 4.77. The molecule has 0 aliphatic carbocycles. The Balaban J connectivity index is 3.65. The Morgan fingerprint density at radius 2 is 2.12 bits per heavy atom. The average molecular weight is 133 g/mol. The van der Waals surface area contributed by atoms with E-state index in [1.165, 1.54) is 6.08 Å². The number of halogens is 1. The first-order valence-electron chi connectivity index (χ1n) is 2.02. The fraction of sp³-hybridized carbons (Fsp3) is 0.200. The molecule has 0 heterocycles. The van der Waals surface area contributed by atoms with Crippen LogP contribution in [0.4, 0.5) is 0 Å². The van der Waals surface area contributed by atoms with E-state index in [1.807, 2.05) is 0 Å². The molecule has 44 valence electrons. The van der Waals surface area contributed by atoms with E-state index in [1.54, 1.807) is 0 Å². The molecule has 0 spiro atoms. The molecular formula is C5H5ClO2. The highest BCUT2D eigenvalue weighted by Crippen LogP contribution is 1.88. The normalized spacial score (nSPS) is 8.12. The molecule has 0 aliphatic heterocycles. The standard InChI is InChI=1S/C5H5ClO2/c1-2-3-4(7)5(6)8/h2H,1,3H2. The zero-order chi connectivity index (χ0) is 6.57. The van der Waals surface area contributed by atoms with Crippen LogP contribution in [-0.4, -0.2) is 11.0 Å². The summed E-state index contributed by atoms with van der Waals surface area (Å²) in [5.74, 6) is -0.610. The number of Topliss-reactive ketones (excluding diaryl/α,β-unsaturated/α-hetero) is 1. The van der Waals surface area contributed by atoms with E-state index in [0.29, 0.717) is 0 Å². The van der Waals surface area contributed by atoms with Gasteiger partial charge in [0.15, 0.2) is 0 Å². The van der Waals surface area contributed by atoms with Crippen molar-refractivity contribution in [2.75, 3.05) is 0 Å². The van der Waals surface area contributed by atoms with Gasteiger partial charge in [0.2, 0.25) is 5.78 Å². The maximum Gasteiger partial charge on any atom is 0.288 e. The molecule has 0 aromatic heterocycles. The van der Waals surface area contributed by atoms with Crippen LogP contribution < -0.4 is 0 Å². The number of allylic oxidation sites excluding steroid dienone is 1. The molecule has 0 N–H and O–H groups in total. The molecule has 8 heavy (non-hydrogen) atoms. The molecule has 0 aromatic carbocycles. The molecule has 3 heteroatoms. The van der Waals surface area contributed by atoms with Crippen LogP contribution in [0.15, 0.2) is 12.7 Å². The minimum atomic E-state index is -0.926. The summed E-state index contributed by atoms with van der Waals surface area (Å²) in [4.78, 5) is 20.1. The quantitative estimate of drug-likeness (QED) is 0.325. The summed E-state index contributed by atoms with van der Waals surface area (Å²) in [6.45, 7) is 3.25. The topological polar surface area (TPSA) is 34.1 Å². The zero-order valence-electron chi connectivity index (χ0n) is 4.19. The van der Waals surface area contributed by atoms with E-state index in [2.05, 4.69) is 6.58 Å². The van der Waals surface area contributed by atoms with Crippen molar-refractivity contribution in [3.63, 3.8) is 0 Å². The Kier molecular flexibility index (Phi) is 3.12. The minimum Gasteiger partial charge on any atom is -0.289 e. The summed E-state index contributed by atoms with van der Waals surface area (Å²) in [5.41, 5.74) is 0. The number of carbonyl (C=O) groups excluding carboxylic acids is 2. The van der Waals surface area contributed by atoms with Gasteiger partial charge in [-0.3, -0.25) is 9.59 Å². The third kappa shape index (κ3) is 2.53. The van der Waals surface area contributed by atoms with Gasteiger partial charge in [0.05, 0.1) is 0 Å². The van der Waals surface area contributed by atoms with Gasteiger partial charge in [0, 0.05) is 6.42 Å². The van der Waals surface area contributed by atoms with Crippen LogP contribution in [0.1, 0.15) is 6.42 Å². The molecular weight excluding hydrogens is 128 g/mol. The largest absolute Gasteiger partial charge is 0.289 e. The van der Waals surface area contributed by atoms with Gasteiger partial charge in [0.1, 0.15) is 0 Å². The van der Waals surface area contributed by atoms with Crippen LogP contribution in [0.5, 0.6) is 0 Å². The van der Waals surface area contributed by atoms with E-state index in [-0.39, 0.29) is 6.42 Å². The van der Waals surface area contributed by atoms with Gasteiger partial charge in [0.25, 0.3) is 5.24 Å². The van der Waals surface area contributed by atoms with Gasteiger partial charge in [-0.1, -0.05) is 6.08 Å². The summed E-state index contributed by atoms with van der Waals surface area (Å²) < 4.78 is 0. The second-order valence-electron chi connectivity index (χ2n) is 1.19. The van der Waals surface area contributed by atoms with Crippen LogP contribution >= 0.6 is 11.6 Å². The van der Waals surface area contributed by atoms with E-state index in [9.17, 15) is 9.59 Å². The van der Waals surface area contributed by atoms with Crippen molar-refractivity contribution in [1.29, 1.82) is 0 Å². The Bertz CT molecular complexity index is 128. The number of hydrogen-bond acceptors (Lipinski definition) is 2. The van der Waals surface area contributed by atoms with Crippen LogP contribution in [0, 0.1) is 0 Å². The highest BCUT2D eigenvalue weighted by molar-refractivity contribution is 6.81. The van der Waals surface area contributed by atoms with Crippen LogP contribution in [0.3, 0.4) is 0 Å². The summed E-state index contributed by atoms with van der Waals surface area (Å²) in [6, 6.07) is 0. The lowest BCUT2D eigenvalue weighted by molar-refractivity contribution is -0.131. The van der Waals surface area contributed by atoms with Gasteiger partial charge in [-0.25, -0.2) is 0 Å². The van der Waals surface area contributed by atoms with Gasteiger partial charge in [-0.2, -0.15) is 0 Å². The molecule has 0 unspecified atom stereocenters. The lowest BCUT2D eigenvalue weighted by atomic mass is 10.3. The van der Waals surface area contributed by atoms with Crippen molar-refractivity contribution in [3.05, 3.63) is 12.7 Å². The first-order valence-corrected chi connectivity index (χ1v) is 2.40. The summed E-state index contributed by atoms with van der Waals surface area (Å²) in [5, 5.41) is -0.926. The number of ketones is 1. The molecule has 0 fully saturated rings. The van der Waals surface area contributed by atoms with E-state index < -0.39 is 11.0 Å². The summed E-state index contributed by atoms with van der Waals surface area (Å²) in [6.07, 6.45) is 1.37. The Morgan fingerprint density at radius 3 is 2.25 bits per heavy atom. The van der Waals surface area contributed by atoms with Crippen molar-refractivity contribution >= 4 is 22.6 Å². The number of carbonyl (C=O) groups is 2. The molecule has 0 aromatic rings. The summed E-state index contributed by atoms with van der Waals surface area (Å²) in [7, 11) is 0. The van der Waals surface area contributed by atoms with Crippen LogP contribution in [-0.2, 0) is 9.59 Å². The van der Waals surface area contributed by atoms with Crippen molar-refractivity contribution in [2.45, 2.75) is 6.42 Å². The monoisotopic (exact) mass is 132 g/mol. The smallest absolute Gasteiger partial charge is 0.288 e. The van der Waals surface area contributed by atoms with Gasteiger partial charge in [-0.15, -0.1) is 6.58 Å². The molecule has 0 aliphatic rings. The highest BCUT2D eigenvalue weighted by atomic mass is 35.5. The Hall–Kier alpha value is -0.630. The van der Waals surface area contributed by atoms with E-state index in [4.69, 9.17) is 11.6 Å². The fourth-order valence-electron chi connectivity index (χ4n) is 0.211. The van der Waals surface area contributed by atoms with E-state index in [0.717, 1.165) is 0 Å². The molecule has 0 radical (unpaired) electrons. The Labute approximate surface area is 52.1 Å². The fourth-order valence-corrected chi connectivity index (χ4v) is 0.288. The molecule has 0 saturated carbocycles. The molecule has 0 atom stereocenters. The van der Waals surface area contributed by atoms with Gasteiger partial charge < -0.3 is 0 Å². The lowest BCUT2D eigenvalue weighted by Crippen LogP contribution is -2.03. The third-order valence-corrected chi connectivity index (χ3v) is 0.760. The minimum absolute atomic E-state index is 0.0301. The average Bonchev–Trinajstić information content (AvgIpc) is 1.67. The molecule has 0 rings (SSSR count). The molecule has 0 bridgehead atoms. The van der Waals surface area contributed by atoms with Gasteiger partial charge >= 0.3 is 0 Å². The first kappa shape index (κ1) is 7.37. The number of rotatable bonds is 3. The lowest BCUT2D eigenvalue weighted by Gasteiger charge is -1.81. The van der Waals surface area contributed by atoms with Crippen LogP contribution in [0.25, 0.3) is 0 Å². The van der Waals surface area contributed by atoms with E-state index >= 15 is 0 Å². The van der Waals surface area contributed by atoms with Gasteiger partial charge in [-0.05, 0) is 11.6 Å². The second-order valence-corrected chi connectivity index (χ2v) is 1.53. The third-order valence-electron chi connectivity index (χ3n) is 0.549. The predicted molar refractivity (Wildman–Crippen MR) is 30.7 cm³/mol. The maximum absolute atomic E-state index is 10.2. The maximum atomic E-state index is 10.2. The molecule has 0 saturated heterocycles.